The first-order valence-electron chi connectivity index (χ1n) is 4.26. The molecule has 0 aliphatic heterocycles. The van der Waals surface area contributed by atoms with Crippen molar-refractivity contribution in [2.45, 2.75) is 0 Å². The monoisotopic (exact) mass is 321 g/mol. The van der Waals surface area contributed by atoms with Crippen LogP contribution in [0.25, 0.3) is 0 Å². The fourth-order valence-corrected chi connectivity index (χ4v) is 1.64. The van der Waals surface area contributed by atoms with Crippen LogP contribution in [0, 0.1) is 3.57 Å². The van der Waals surface area contributed by atoms with Gasteiger partial charge in [0, 0.05) is 21.4 Å². The highest BCUT2D eigenvalue weighted by molar-refractivity contribution is 14.1. The maximum Gasteiger partial charge on any atom is 0.251 e. The molecule has 1 N–H and O–H groups in total. The van der Waals surface area contributed by atoms with Gasteiger partial charge in [0.05, 0.1) is 0 Å². The third-order valence-electron chi connectivity index (χ3n) is 1.70. The van der Waals surface area contributed by atoms with Gasteiger partial charge in [-0.2, -0.15) is 11.8 Å². The van der Waals surface area contributed by atoms with E-state index in [2.05, 4.69) is 27.9 Å². The summed E-state index contributed by atoms with van der Waals surface area (Å²) < 4.78 is 1.14. The minimum absolute atomic E-state index is 0.00968. The molecule has 1 rings (SSSR count). The lowest BCUT2D eigenvalue weighted by molar-refractivity contribution is 0.0956. The first-order valence-corrected chi connectivity index (χ1v) is 6.74. The fraction of sp³-hybridized carbons (Fsp3) is 0.300. The first kappa shape index (κ1) is 11.8. The SMILES string of the molecule is CSCCNC(=O)c1ccc(I)cc1. The van der Waals surface area contributed by atoms with Gasteiger partial charge in [-0.15, -0.1) is 0 Å². The summed E-state index contributed by atoms with van der Waals surface area (Å²) in [4.78, 5) is 11.5. The number of carbonyl (C=O) groups is 1. The Kier molecular flexibility index (Phi) is 5.32. The third-order valence-corrected chi connectivity index (χ3v) is 3.03. The van der Waals surface area contributed by atoms with Crippen molar-refractivity contribution in [3.8, 4) is 0 Å². The van der Waals surface area contributed by atoms with Gasteiger partial charge in [0.1, 0.15) is 0 Å². The molecule has 1 aromatic rings. The van der Waals surface area contributed by atoms with Crippen molar-refractivity contribution in [1.82, 2.24) is 5.32 Å². The molecule has 0 heterocycles. The van der Waals surface area contributed by atoms with Crippen molar-refractivity contribution in [2.24, 2.45) is 0 Å². The molecule has 1 aromatic carbocycles. The molecule has 0 saturated heterocycles. The van der Waals surface area contributed by atoms with Crippen LogP contribution in [0.2, 0.25) is 0 Å². The number of benzene rings is 1. The van der Waals surface area contributed by atoms with Crippen molar-refractivity contribution in [2.75, 3.05) is 18.6 Å². The molecule has 0 radical (unpaired) electrons. The zero-order chi connectivity index (χ0) is 10.4. The van der Waals surface area contributed by atoms with Crippen LogP contribution >= 0.6 is 34.4 Å². The molecule has 0 aliphatic carbocycles. The van der Waals surface area contributed by atoms with Gasteiger partial charge in [0.15, 0.2) is 0 Å². The van der Waals surface area contributed by atoms with E-state index >= 15 is 0 Å². The van der Waals surface area contributed by atoms with E-state index in [1.165, 1.54) is 0 Å². The van der Waals surface area contributed by atoms with Crippen molar-refractivity contribution < 1.29 is 4.79 Å². The predicted molar refractivity (Wildman–Crippen MR) is 69.9 cm³/mol. The number of carbonyl (C=O) groups excluding carboxylic acids is 1. The number of hydrogen-bond acceptors (Lipinski definition) is 2. The van der Waals surface area contributed by atoms with E-state index in [1.807, 2.05) is 30.5 Å². The molecule has 0 saturated carbocycles. The van der Waals surface area contributed by atoms with E-state index < -0.39 is 0 Å². The van der Waals surface area contributed by atoms with Crippen LogP contribution in [-0.2, 0) is 0 Å². The summed E-state index contributed by atoms with van der Waals surface area (Å²) in [6, 6.07) is 7.56. The van der Waals surface area contributed by atoms with Crippen LogP contribution < -0.4 is 5.32 Å². The maximum atomic E-state index is 11.5. The van der Waals surface area contributed by atoms with Gasteiger partial charge in [-0.1, -0.05) is 0 Å². The number of halogens is 1. The Morgan fingerprint density at radius 2 is 2.07 bits per heavy atom. The zero-order valence-electron chi connectivity index (χ0n) is 7.92. The Morgan fingerprint density at radius 3 is 2.64 bits per heavy atom. The first-order chi connectivity index (χ1) is 6.74. The smallest absolute Gasteiger partial charge is 0.251 e. The van der Waals surface area contributed by atoms with Crippen LogP contribution in [0.1, 0.15) is 10.4 Å². The molecule has 0 unspecified atom stereocenters. The van der Waals surface area contributed by atoms with Gasteiger partial charge in [-0.05, 0) is 53.1 Å². The second kappa shape index (κ2) is 6.29. The van der Waals surface area contributed by atoms with Crippen LogP contribution in [0.3, 0.4) is 0 Å². The largest absolute Gasteiger partial charge is 0.351 e. The van der Waals surface area contributed by atoms with Crippen LogP contribution in [0.4, 0.5) is 0 Å². The third kappa shape index (κ3) is 3.88. The number of hydrogen-bond donors (Lipinski definition) is 1. The molecular weight excluding hydrogens is 309 g/mol. The molecule has 0 spiro atoms. The van der Waals surface area contributed by atoms with E-state index in [-0.39, 0.29) is 5.91 Å². The van der Waals surface area contributed by atoms with Crippen LogP contribution in [-0.4, -0.2) is 24.5 Å². The number of amides is 1. The highest BCUT2D eigenvalue weighted by atomic mass is 127. The van der Waals surface area contributed by atoms with Crippen molar-refractivity contribution in [3.05, 3.63) is 33.4 Å². The molecule has 1 amide bonds. The highest BCUT2D eigenvalue weighted by Crippen LogP contribution is 2.06. The van der Waals surface area contributed by atoms with Crippen molar-refractivity contribution >= 4 is 40.3 Å². The van der Waals surface area contributed by atoms with Gasteiger partial charge >= 0.3 is 0 Å². The number of nitrogens with one attached hydrogen (secondary N) is 1. The summed E-state index contributed by atoms with van der Waals surface area (Å²) in [6.07, 6.45) is 2.02. The standard InChI is InChI=1S/C10H12INOS/c1-14-7-6-12-10(13)8-2-4-9(11)5-3-8/h2-5H,6-7H2,1H3,(H,12,13). The van der Waals surface area contributed by atoms with Crippen molar-refractivity contribution in [3.63, 3.8) is 0 Å². The number of thioether (sulfide) groups is 1. The summed E-state index contributed by atoms with van der Waals surface area (Å²) in [7, 11) is 0. The van der Waals surface area contributed by atoms with Gasteiger partial charge in [-0.3, -0.25) is 4.79 Å². The molecular formula is C10H12INOS. The predicted octanol–water partition coefficient (Wildman–Crippen LogP) is 2.38. The lowest BCUT2D eigenvalue weighted by Crippen LogP contribution is -2.25. The van der Waals surface area contributed by atoms with Gasteiger partial charge in [0.2, 0.25) is 0 Å². The second-order valence-corrected chi connectivity index (χ2v) is 4.99. The minimum Gasteiger partial charge on any atom is -0.351 e. The van der Waals surface area contributed by atoms with Crippen molar-refractivity contribution in [1.29, 1.82) is 0 Å². The summed E-state index contributed by atoms with van der Waals surface area (Å²) >= 11 is 3.94. The Morgan fingerprint density at radius 1 is 1.43 bits per heavy atom. The maximum absolute atomic E-state index is 11.5. The van der Waals surface area contributed by atoms with Gasteiger partial charge in [0.25, 0.3) is 5.91 Å². The quantitative estimate of drug-likeness (QED) is 0.681. The zero-order valence-corrected chi connectivity index (χ0v) is 10.9. The summed E-state index contributed by atoms with van der Waals surface area (Å²) in [6.45, 7) is 0.728. The van der Waals surface area contributed by atoms with Gasteiger partial charge in [-0.25, -0.2) is 0 Å². The molecule has 2 nitrogen and oxygen atoms in total. The average molecular weight is 321 g/mol. The van der Waals surface area contributed by atoms with Gasteiger partial charge < -0.3 is 5.32 Å². The van der Waals surface area contributed by atoms with E-state index in [0.29, 0.717) is 0 Å². The Balaban J connectivity index is 2.48. The number of rotatable bonds is 4. The highest BCUT2D eigenvalue weighted by Gasteiger charge is 2.02. The Hall–Kier alpha value is -0.230. The lowest BCUT2D eigenvalue weighted by atomic mass is 10.2. The van der Waals surface area contributed by atoms with E-state index in [4.69, 9.17) is 0 Å². The molecule has 14 heavy (non-hydrogen) atoms. The van der Waals surface area contributed by atoms with Crippen LogP contribution in [0.5, 0.6) is 0 Å². The summed E-state index contributed by atoms with van der Waals surface area (Å²) in [5, 5.41) is 2.86. The topological polar surface area (TPSA) is 29.1 Å². The minimum atomic E-state index is 0.00968. The van der Waals surface area contributed by atoms with E-state index in [1.54, 1.807) is 11.8 Å². The average Bonchev–Trinajstić information content (AvgIpc) is 2.19. The molecule has 0 fully saturated rings. The summed E-state index contributed by atoms with van der Waals surface area (Å²) in [5.41, 5.74) is 0.728. The normalized spacial score (nSPS) is 9.86. The summed E-state index contributed by atoms with van der Waals surface area (Å²) in [5.74, 6) is 0.964. The Bertz CT molecular complexity index is 299. The lowest BCUT2D eigenvalue weighted by Gasteiger charge is -2.03. The van der Waals surface area contributed by atoms with E-state index in [9.17, 15) is 4.79 Å². The molecule has 76 valence electrons. The molecule has 0 bridgehead atoms. The Labute approximate surface area is 102 Å². The van der Waals surface area contributed by atoms with E-state index in [0.717, 1.165) is 21.4 Å². The molecule has 0 aromatic heterocycles. The molecule has 4 heteroatoms. The fourth-order valence-electron chi connectivity index (χ4n) is 0.970. The molecule has 0 atom stereocenters. The second-order valence-electron chi connectivity index (χ2n) is 2.76. The molecule has 0 aliphatic rings. The van der Waals surface area contributed by atoms with Crippen LogP contribution in [0.15, 0.2) is 24.3 Å².